The van der Waals surface area contributed by atoms with Gasteiger partial charge in [0.1, 0.15) is 16.2 Å². The van der Waals surface area contributed by atoms with Gasteiger partial charge in [-0.15, -0.1) is 0 Å². The van der Waals surface area contributed by atoms with E-state index in [2.05, 4.69) is 20.9 Å². The molecule has 0 saturated heterocycles. The van der Waals surface area contributed by atoms with Crippen molar-refractivity contribution in [2.45, 2.75) is 0 Å². The van der Waals surface area contributed by atoms with Crippen LogP contribution in [0.2, 0.25) is 0 Å². The summed E-state index contributed by atoms with van der Waals surface area (Å²) in [7, 11) is 1.44. The highest BCUT2D eigenvalue weighted by Gasteiger charge is 2.12. The van der Waals surface area contributed by atoms with Gasteiger partial charge in [-0.05, 0) is 40.2 Å². The molecule has 19 heavy (non-hydrogen) atoms. The molecule has 2 aromatic rings. The maximum atomic E-state index is 13.9. The molecule has 0 aliphatic carbocycles. The van der Waals surface area contributed by atoms with E-state index in [1.54, 1.807) is 6.07 Å². The van der Waals surface area contributed by atoms with Crippen LogP contribution in [0, 0.1) is 5.82 Å². The zero-order valence-corrected chi connectivity index (χ0v) is 11.4. The number of aromatic nitrogens is 1. The van der Waals surface area contributed by atoms with Crippen molar-refractivity contribution in [3.8, 4) is 17.0 Å². The third-order valence-corrected chi connectivity index (χ3v) is 2.90. The fraction of sp³-hybridized carbons (Fsp3) is 0.0769. The second-order valence-electron chi connectivity index (χ2n) is 3.71. The minimum atomic E-state index is -1.10. The molecular weight excluding hydrogens is 317 g/mol. The number of methoxy groups -OCH3 is 1. The van der Waals surface area contributed by atoms with Crippen molar-refractivity contribution in [2.75, 3.05) is 7.11 Å². The topological polar surface area (TPSA) is 59.4 Å². The number of carboxylic acids is 1. The molecule has 4 nitrogen and oxygen atoms in total. The lowest BCUT2D eigenvalue weighted by Crippen LogP contribution is -1.99. The monoisotopic (exact) mass is 325 g/mol. The number of benzene rings is 1. The summed E-state index contributed by atoms with van der Waals surface area (Å²) in [4.78, 5) is 15.0. The van der Waals surface area contributed by atoms with Crippen LogP contribution in [0.25, 0.3) is 11.3 Å². The predicted molar refractivity (Wildman–Crippen MR) is 70.8 cm³/mol. The molecule has 1 heterocycles. The van der Waals surface area contributed by atoms with Gasteiger partial charge in [-0.2, -0.15) is 0 Å². The summed E-state index contributed by atoms with van der Waals surface area (Å²) >= 11 is 3.11. The van der Waals surface area contributed by atoms with Gasteiger partial charge in [-0.3, -0.25) is 0 Å². The molecule has 0 fully saturated rings. The number of halogens is 2. The number of rotatable bonds is 3. The van der Waals surface area contributed by atoms with Crippen molar-refractivity contribution >= 4 is 21.9 Å². The molecule has 0 bridgehead atoms. The Morgan fingerprint density at radius 2 is 2.11 bits per heavy atom. The van der Waals surface area contributed by atoms with E-state index in [9.17, 15) is 9.18 Å². The van der Waals surface area contributed by atoms with Crippen molar-refractivity contribution < 1.29 is 19.0 Å². The molecule has 1 aromatic carbocycles. The van der Waals surface area contributed by atoms with E-state index in [0.717, 1.165) is 0 Å². The molecule has 0 amide bonds. The Hall–Kier alpha value is -1.95. The maximum absolute atomic E-state index is 13.9. The summed E-state index contributed by atoms with van der Waals surface area (Å²) in [6, 6.07) is 6.97. The first-order chi connectivity index (χ1) is 9.01. The Kier molecular flexibility index (Phi) is 3.80. The Morgan fingerprint density at radius 3 is 2.68 bits per heavy atom. The Bertz CT molecular complexity index is 646. The van der Waals surface area contributed by atoms with E-state index in [0.29, 0.717) is 10.4 Å². The van der Waals surface area contributed by atoms with Crippen molar-refractivity contribution in [2.24, 2.45) is 0 Å². The summed E-state index contributed by atoms with van der Waals surface area (Å²) < 4.78 is 19.1. The molecule has 0 spiro atoms. The maximum Gasteiger partial charge on any atom is 0.335 e. The highest BCUT2D eigenvalue weighted by atomic mass is 79.9. The van der Waals surface area contributed by atoms with Crippen LogP contribution in [0.1, 0.15) is 10.4 Å². The molecule has 0 unspecified atom stereocenters. The summed E-state index contributed by atoms with van der Waals surface area (Å²) in [6.07, 6.45) is 0. The Morgan fingerprint density at radius 1 is 1.37 bits per heavy atom. The lowest BCUT2D eigenvalue weighted by atomic mass is 10.1. The summed E-state index contributed by atoms with van der Waals surface area (Å²) in [5.74, 6) is -1.24. The standard InChI is InChI=1S/C13H9BrFNO3/c1-19-8-2-3-9(10(15)6-8)11-4-7(13(17)18)5-12(14)16-11/h2-6H,1H3,(H,17,18). The van der Waals surface area contributed by atoms with E-state index in [1.807, 2.05) is 0 Å². The van der Waals surface area contributed by atoms with E-state index in [1.165, 1.54) is 31.4 Å². The van der Waals surface area contributed by atoms with Crippen LogP contribution < -0.4 is 4.74 Å². The SMILES string of the molecule is COc1ccc(-c2cc(C(=O)O)cc(Br)n2)c(F)c1. The molecule has 0 saturated carbocycles. The molecule has 1 aromatic heterocycles. The first kappa shape index (κ1) is 13.5. The zero-order valence-electron chi connectivity index (χ0n) is 9.85. The van der Waals surface area contributed by atoms with Gasteiger partial charge in [0.05, 0.1) is 18.4 Å². The highest BCUT2D eigenvalue weighted by molar-refractivity contribution is 9.10. The van der Waals surface area contributed by atoms with Gasteiger partial charge in [0.15, 0.2) is 0 Å². The smallest absolute Gasteiger partial charge is 0.335 e. The Labute approximate surface area is 117 Å². The van der Waals surface area contributed by atoms with Gasteiger partial charge in [0.25, 0.3) is 0 Å². The molecule has 0 radical (unpaired) electrons. The van der Waals surface area contributed by atoms with Crippen LogP contribution in [0.3, 0.4) is 0 Å². The fourth-order valence-corrected chi connectivity index (χ4v) is 2.03. The number of carbonyl (C=O) groups is 1. The summed E-state index contributed by atoms with van der Waals surface area (Å²) in [5.41, 5.74) is 0.489. The highest BCUT2D eigenvalue weighted by Crippen LogP contribution is 2.27. The molecular formula is C13H9BrFNO3. The molecule has 0 atom stereocenters. The Balaban J connectivity index is 2.55. The third-order valence-electron chi connectivity index (χ3n) is 2.49. The number of nitrogens with zero attached hydrogens (tertiary/aromatic N) is 1. The van der Waals surface area contributed by atoms with Gasteiger partial charge in [0.2, 0.25) is 0 Å². The molecule has 1 N–H and O–H groups in total. The largest absolute Gasteiger partial charge is 0.497 e. The number of ether oxygens (including phenoxy) is 1. The third kappa shape index (κ3) is 2.90. The number of hydrogen-bond acceptors (Lipinski definition) is 3. The van der Waals surface area contributed by atoms with E-state index in [4.69, 9.17) is 9.84 Å². The number of aromatic carboxylic acids is 1. The first-order valence-corrected chi connectivity index (χ1v) is 6.05. The van der Waals surface area contributed by atoms with Crippen molar-refractivity contribution in [1.29, 1.82) is 0 Å². The van der Waals surface area contributed by atoms with E-state index < -0.39 is 11.8 Å². The van der Waals surface area contributed by atoms with E-state index in [-0.39, 0.29) is 16.8 Å². The van der Waals surface area contributed by atoms with Crippen LogP contribution in [-0.4, -0.2) is 23.2 Å². The molecule has 0 aliphatic heterocycles. The first-order valence-electron chi connectivity index (χ1n) is 5.26. The number of hydrogen-bond donors (Lipinski definition) is 1. The normalized spacial score (nSPS) is 10.3. The molecule has 0 aliphatic rings. The van der Waals surface area contributed by atoms with Crippen molar-refractivity contribution in [1.82, 2.24) is 4.98 Å². The van der Waals surface area contributed by atoms with E-state index >= 15 is 0 Å². The lowest BCUT2D eigenvalue weighted by Gasteiger charge is -2.07. The number of pyridine rings is 1. The van der Waals surface area contributed by atoms with Gasteiger partial charge in [-0.25, -0.2) is 14.2 Å². The fourth-order valence-electron chi connectivity index (χ4n) is 1.59. The summed E-state index contributed by atoms with van der Waals surface area (Å²) in [5, 5.41) is 8.97. The van der Waals surface area contributed by atoms with Crippen LogP contribution in [-0.2, 0) is 0 Å². The van der Waals surface area contributed by atoms with Gasteiger partial charge in [0, 0.05) is 11.6 Å². The zero-order chi connectivity index (χ0) is 14.0. The molecule has 98 valence electrons. The molecule has 6 heteroatoms. The van der Waals surface area contributed by atoms with Crippen LogP contribution in [0.4, 0.5) is 4.39 Å². The van der Waals surface area contributed by atoms with Crippen molar-refractivity contribution in [3.05, 3.63) is 46.3 Å². The van der Waals surface area contributed by atoms with Crippen LogP contribution >= 0.6 is 15.9 Å². The second-order valence-corrected chi connectivity index (χ2v) is 4.53. The summed E-state index contributed by atoms with van der Waals surface area (Å²) in [6.45, 7) is 0. The quantitative estimate of drug-likeness (QED) is 0.879. The van der Waals surface area contributed by atoms with Gasteiger partial charge >= 0.3 is 5.97 Å². The van der Waals surface area contributed by atoms with Gasteiger partial charge in [-0.1, -0.05) is 0 Å². The second kappa shape index (κ2) is 5.36. The number of carboxylic acid groups (broad SMARTS) is 1. The van der Waals surface area contributed by atoms with Crippen LogP contribution in [0.15, 0.2) is 34.9 Å². The minimum absolute atomic E-state index is 0.0343. The molecule has 2 rings (SSSR count). The van der Waals surface area contributed by atoms with Gasteiger partial charge < -0.3 is 9.84 Å². The van der Waals surface area contributed by atoms with Crippen LogP contribution in [0.5, 0.6) is 5.75 Å². The average Bonchev–Trinajstić information content (AvgIpc) is 2.37. The average molecular weight is 326 g/mol. The lowest BCUT2D eigenvalue weighted by molar-refractivity contribution is 0.0696. The minimum Gasteiger partial charge on any atom is -0.497 e. The predicted octanol–water partition coefficient (Wildman–Crippen LogP) is 3.36. The van der Waals surface area contributed by atoms with Crippen molar-refractivity contribution in [3.63, 3.8) is 0 Å².